The van der Waals surface area contributed by atoms with Crippen LogP contribution >= 0.6 is 11.6 Å². The highest BCUT2D eigenvalue weighted by Crippen LogP contribution is 2.40. The second-order valence-corrected chi connectivity index (χ2v) is 8.00. The Balaban J connectivity index is 1.38. The zero-order valence-corrected chi connectivity index (χ0v) is 16.6. The lowest BCUT2D eigenvalue weighted by Crippen LogP contribution is -2.39. The Morgan fingerprint density at radius 1 is 1.14 bits per heavy atom. The summed E-state index contributed by atoms with van der Waals surface area (Å²) < 4.78 is 5.44. The number of hydrogen-bond donors (Lipinski definition) is 2. The Morgan fingerprint density at radius 2 is 1.83 bits per heavy atom. The number of nitrogens with one attached hydrogen (secondary N) is 1. The van der Waals surface area contributed by atoms with Gasteiger partial charge in [-0.05, 0) is 49.9 Å². The van der Waals surface area contributed by atoms with Crippen LogP contribution in [-0.2, 0) is 20.9 Å². The molecule has 1 heterocycles. The first kappa shape index (κ1) is 19.6. The van der Waals surface area contributed by atoms with Gasteiger partial charge in [-0.15, -0.1) is 0 Å². The number of carbonyl (C=O) groups excluding carboxylic acids is 2. The molecule has 0 aliphatic heterocycles. The third-order valence-electron chi connectivity index (χ3n) is 5.52. The molecule has 0 amide bonds. The van der Waals surface area contributed by atoms with E-state index in [1.54, 1.807) is 24.3 Å². The predicted molar refractivity (Wildman–Crippen MR) is 107 cm³/mol. The Kier molecular flexibility index (Phi) is 5.62. The first-order chi connectivity index (χ1) is 14.0. The van der Waals surface area contributed by atoms with Gasteiger partial charge in [-0.2, -0.15) is 15.0 Å². The second kappa shape index (κ2) is 8.32. The van der Waals surface area contributed by atoms with Crippen LogP contribution in [0.5, 0.6) is 0 Å². The fraction of sp³-hybridized carbons (Fsp3) is 0.450. The number of rotatable bonds is 5. The molecule has 0 saturated heterocycles. The number of nitrogens with two attached hydrogens (primary N) is 1. The number of nitrogen functional groups attached to an aromatic ring is 1. The van der Waals surface area contributed by atoms with Crippen molar-refractivity contribution in [1.29, 1.82) is 0 Å². The fourth-order valence-corrected chi connectivity index (χ4v) is 4.27. The maximum Gasteiger partial charge on any atom is 0.309 e. The van der Waals surface area contributed by atoms with Crippen LogP contribution in [-0.4, -0.2) is 26.7 Å². The number of nitrogens with zero attached hydrogens (tertiary/aromatic N) is 3. The Hall–Kier alpha value is -2.74. The number of carbonyl (C=O) groups is 2. The Morgan fingerprint density at radius 3 is 2.52 bits per heavy atom. The van der Waals surface area contributed by atoms with E-state index in [1.807, 2.05) is 0 Å². The molecular formula is C20H22ClN5O3. The molecule has 4 rings (SSSR count). The number of ketones is 1. The second-order valence-electron chi connectivity index (χ2n) is 7.57. The van der Waals surface area contributed by atoms with Crippen molar-refractivity contribution in [2.24, 2.45) is 17.8 Å². The average molecular weight is 416 g/mol. The van der Waals surface area contributed by atoms with Crippen molar-refractivity contribution < 1.29 is 14.3 Å². The first-order valence-electron chi connectivity index (χ1n) is 9.71. The molecule has 3 N–H and O–H groups in total. The van der Waals surface area contributed by atoms with E-state index >= 15 is 0 Å². The van der Waals surface area contributed by atoms with Crippen molar-refractivity contribution in [3.05, 3.63) is 35.1 Å². The van der Waals surface area contributed by atoms with Crippen LogP contribution in [0.2, 0.25) is 5.02 Å². The topological polar surface area (TPSA) is 120 Å². The van der Waals surface area contributed by atoms with Gasteiger partial charge in [0, 0.05) is 22.5 Å². The molecule has 0 spiro atoms. The maximum atomic E-state index is 12.5. The number of esters is 1. The number of benzene rings is 1. The highest BCUT2D eigenvalue weighted by molar-refractivity contribution is 6.30. The van der Waals surface area contributed by atoms with Crippen LogP contribution in [0.1, 0.15) is 37.9 Å². The van der Waals surface area contributed by atoms with Gasteiger partial charge in [0.05, 0.1) is 5.92 Å². The summed E-state index contributed by atoms with van der Waals surface area (Å²) in [6.07, 6.45) is 3.98. The van der Waals surface area contributed by atoms with Crippen molar-refractivity contribution in [3.63, 3.8) is 0 Å². The van der Waals surface area contributed by atoms with Crippen molar-refractivity contribution >= 4 is 40.9 Å². The Bertz CT molecular complexity index is 905. The summed E-state index contributed by atoms with van der Waals surface area (Å²) in [5.74, 6) is 0.322. The summed E-state index contributed by atoms with van der Waals surface area (Å²) in [5, 5.41) is 3.63. The molecule has 0 radical (unpaired) electrons. The number of anilines is 3. The first-order valence-corrected chi connectivity index (χ1v) is 10.1. The van der Waals surface area contributed by atoms with Crippen LogP contribution in [0.15, 0.2) is 24.3 Å². The van der Waals surface area contributed by atoms with Crippen molar-refractivity contribution in [1.82, 2.24) is 15.0 Å². The van der Waals surface area contributed by atoms with Crippen molar-refractivity contribution in [2.45, 2.75) is 38.7 Å². The molecule has 152 valence electrons. The highest BCUT2D eigenvalue weighted by atomic mass is 35.5. The van der Waals surface area contributed by atoms with Gasteiger partial charge in [0.1, 0.15) is 5.78 Å². The number of Topliss-reactive ketones (excluding diaryl/α,β-unsaturated/α-hetero) is 1. The van der Waals surface area contributed by atoms with Crippen LogP contribution in [0, 0.1) is 17.8 Å². The van der Waals surface area contributed by atoms with E-state index in [-0.39, 0.29) is 48.1 Å². The minimum absolute atomic E-state index is 0.00282. The zero-order valence-electron chi connectivity index (χ0n) is 15.8. The minimum Gasteiger partial charge on any atom is -0.457 e. The van der Waals surface area contributed by atoms with Crippen LogP contribution in [0.4, 0.5) is 17.6 Å². The van der Waals surface area contributed by atoms with Gasteiger partial charge in [0.25, 0.3) is 0 Å². The van der Waals surface area contributed by atoms with Crippen LogP contribution < -0.4 is 11.1 Å². The van der Waals surface area contributed by atoms with Crippen molar-refractivity contribution in [3.8, 4) is 0 Å². The maximum absolute atomic E-state index is 12.5. The molecule has 29 heavy (non-hydrogen) atoms. The van der Waals surface area contributed by atoms with Crippen LogP contribution in [0.25, 0.3) is 0 Å². The van der Waals surface area contributed by atoms with Gasteiger partial charge in [0.2, 0.25) is 11.9 Å². The lowest BCUT2D eigenvalue weighted by atomic mass is 9.67. The summed E-state index contributed by atoms with van der Waals surface area (Å²) in [6, 6.07) is 7.04. The van der Waals surface area contributed by atoms with Gasteiger partial charge in [-0.25, -0.2) is 0 Å². The van der Waals surface area contributed by atoms with Gasteiger partial charge in [-0.1, -0.05) is 18.0 Å². The number of ether oxygens (including phenoxy) is 1. The molecule has 2 aromatic rings. The molecule has 2 saturated carbocycles. The summed E-state index contributed by atoms with van der Waals surface area (Å²) in [7, 11) is 0. The van der Waals surface area contributed by atoms with E-state index in [9.17, 15) is 9.59 Å². The fourth-order valence-electron chi connectivity index (χ4n) is 4.15. The number of halogens is 1. The van der Waals surface area contributed by atoms with Crippen LogP contribution in [0.3, 0.4) is 0 Å². The minimum atomic E-state index is -0.305. The normalized spacial score (nSPS) is 23.5. The van der Waals surface area contributed by atoms with E-state index in [0.717, 1.165) is 24.9 Å². The zero-order chi connectivity index (χ0) is 20.4. The summed E-state index contributed by atoms with van der Waals surface area (Å²) >= 11 is 5.88. The van der Waals surface area contributed by atoms with Gasteiger partial charge in [-0.3, -0.25) is 9.59 Å². The number of hydrogen-bond acceptors (Lipinski definition) is 8. The molecular weight excluding hydrogens is 394 g/mol. The largest absolute Gasteiger partial charge is 0.457 e. The van der Waals surface area contributed by atoms with E-state index in [1.165, 1.54) is 0 Å². The third-order valence-corrected chi connectivity index (χ3v) is 5.78. The molecule has 9 heteroatoms. The molecule has 2 aliphatic carbocycles. The SMILES string of the molecule is Nc1nc(COC(=O)C2C[C@H]3CCC[C@@H](C2)C3=O)nc(Nc2ccc(Cl)cc2)n1. The molecule has 1 aromatic carbocycles. The summed E-state index contributed by atoms with van der Waals surface area (Å²) in [6.45, 7) is -0.0966. The van der Waals surface area contributed by atoms with E-state index in [2.05, 4.69) is 20.3 Å². The molecule has 2 aliphatic rings. The smallest absolute Gasteiger partial charge is 0.309 e. The molecule has 8 nitrogen and oxygen atoms in total. The molecule has 1 unspecified atom stereocenters. The number of aromatic nitrogens is 3. The van der Waals surface area contributed by atoms with Gasteiger partial charge in [0.15, 0.2) is 12.4 Å². The summed E-state index contributed by atoms with van der Waals surface area (Å²) in [5.41, 5.74) is 6.50. The van der Waals surface area contributed by atoms with Gasteiger partial charge < -0.3 is 15.8 Å². The monoisotopic (exact) mass is 415 g/mol. The molecule has 1 aromatic heterocycles. The van der Waals surface area contributed by atoms with Crippen molar-refractivity contribution in [2.75, 3.05) is 11.1 Å². The van der Waals surface area contributed by atoms with E-state index < -0.39 is 0 Å². The lowest BCUT2D eigenvalue weighted by Gasteiger charge is -2.36. The molecule has 2 fully saturated rings. The summed E-state index contributed by atoms with van der Waals surface area (Å²) in [4.78, 5) is 37.1. The van der Waals surface area contributed by atoms with E-state index in [4.69, 9.17) is 22.1 Å². The average Bonchev–Trinajstić information content (AvgIpc) is 2.67. The third kappa shape index (κ3) is 4.64. The van der Waals surface area contributed by atoms with Gasteiger partial charge >= 0.3 is 5.97 Å². The number of fused-ring (bicyclic) bond motifs is 2. The standard InChI is InChI=1S/C20H22ClN5O3/c21-14-4-6-15(7-5-14)23-20-25-16(24-19(22)26-20)10-29-18(28)13-8-11-2-1-3-12(9-13)17(11)27/h4-7,11-13H,1-3,8-10H2,(H3,22,23,24,25,26)/t11-,12+,13?. The quantitative estimate of drug-likeness (QED) is 0.713. The molecule has 2 bridgehead atoms. The molecule has 3 atom stereocenters. The predicted octanol–water partition coefficient (Wildman–Crippen LogP) is 3.29. The lowest BCUT2D eigenvalue weighted by molar-refractivity contribution is -0.155. The Labute approximate surface area is 173 Å². The highest BCUT2D eigenvalue weighted by Gasteiger charge is 2.41. The van der Waals surface area contributed by atoms with E-state index in [0.29, 0.717) is 23.6 Å².